The van der Waals surface area contributed by atoms with Crippen molar-refractivity contribution in [1.29, 1.82) is 0 Å². The maximum Gasteiger partial charge on any atom is 0.145 e. The van der Waals surface area contributed by atoms with Gasteiger partial charge in [-0.2, -0.15) is 0 Å². The normalized spacial score (nSPS) is 14.7. The van der Waals surface area contributed by atoms with E-state index in [1.54, 1.807) is 7.11 Å². The SMILES string of the molecule is COc1cccc2ccc(CNCCCC3CC3)nc12. The van der Waals surface area contributed by atoms with Crippen LogP contribution in [-0.2, 0) is 6.54 Å². The Balaban J connectivity index is 1.59. The standard InChI is InChI=1S/C17H22N2O/c1-20-16-6-2-5-14-9-10-15(19-17(14)16)12-18-11-3-4-13-7-8-13/h2,5-6,9-10,13,18H,3-4,7-8,11-12H2,1H3. The van der Waals surface area contributed by atoms with E-state index in [2.05, 4.69) is 23.5 Å². The molecule has 1 aliphatic carbocycles. The van der Waals surface area contributed by atoms with Gasteiger partial charge in [0.05, 0.1) is 12.8 Å². The highest BCUT2D eigenvalue weighted by molar-refractivity contribution is 5.84. The minimum atomic E-state index is 0.832. The second kappa shape index (κ2) is 6.23. The van der Waals surface area contributed by atoms with E-state index in [1.165, 1.54) is 25.7 Å². The van der Waals surface area contributed by atoms with Gasteiger partial charge in [-0.1, -0.05) is 31.0 Å². The van der Waals surface area contributed by atoms with Crippen molar-refractivity contribution in [2.45, 2.75) is 32.2 Å². The van der Waals surface area contributed by atoms with E-state index in [9.17, 15) is 0 Å². The summed E-state index contributed by atoms with van der Waals surface area (Å²) in [6, 6.07) is 10.2. The van der Waals surface area contributed by atoms with E-state index >= 15 is 0 Å². The Kier molecular flexibility index (Phi) is 4.16. The number of nitrogens with zero attached hydrogens (tertiary/aromatic N) is 1. The molecule has 1 saturated carbocycles. The molecule has 1 aromatic heterocycles. The Morgan fingerprint density at radius 1 is 1.25 bits per heavy atom. The van der Waals surface area contributed by atoms with Crippen LogP contribution >= 0.6 is 0 Å². The molecule has 0 aliphatic heterocycles. The van der Waals surface area contributed by atoms with Crippen molar-refractivity contribution in [2.24, 2.45) is 5.92 Å². The summed E-state index contributed by atoms with van der Waals surface area (Å²) < 4.78 is 5.38. The van der Waals surface area contributed by atoms with Gasteiger partial charge in [0.1, 0.15) is 11.3 Å². The molecule has 20 heavy (non-hydrogen) atoms. The Labute approximate surface area is 120 Å². The zero-order valence-corrected chi connectivity index (χ0v) is 12.1. The summed E-state index contributed by atoms with van der Waals surface area (Å²) in [5.41, 5.74) is 2.03. The van der Waals surface area contributed by atoms with Gasteiger partial charge in [-0.3, -0.25) is 0 Å². The molecule has 0 spiro atoms. The molecule has 0 atom stereocenters. The van der Waals surface area contributed by atoms with Crippen LogP contribution in [0.5, 0.6) is 5.75 Å². The summed E-state index contributed by atoms with van der Waals surface area (Å²) in [6.45, 7) is 1.92. The number of methoxy groups -OCH3 is 1. The number of hydrogen-bond acceptors (Lipinski definition) is 3. The maximum atomic E-state index is 5.38. The number of fused-ring (bicyclic) bond motifs is 1. The van der Waals surface area contributed by atoms with E-state index in [0.717, 1.165) is 41.4 Å². The molecule has 0 bridgehead atoms. The predicted molar refractivity (Wildman–Crippen MR) is 82.0 cm³/mol. The molecule has 3 heteroatoms. The van der Waals surface area contributed by atoms with Crippen LogP contribution in [-0.4, -0.2) is 18.6 Å². The number of pyridine rings is 1. The van der Waals surface area contributed by atoms with Crippen LogP contribution in [0, 0.1) is 5.92 Å². The molecule has 0 amide bonds. The Bertz CT molecular complexity index is 578. The largest absolute Gasteiger partial charge is 0.494 e. The minimum Gasteiger partial charge on any atom is -0.494 e. The Morgan fingerprint density at radius 3 is 2.95 bits per heavy atom. The van der Waals surface area contributed by atoms with Crippen LogP contribution in [0.4, 0.5) is 0 Å². The first-order valence-electron chi connectivity index (χ1n) is 7.50. The van der Waals surface area contributed by atoms with Gasteiger partial charge in [0.25, 0.3) is 0 Å². The number of rotatable bonds is 7. The molecule has 0 unspecified atom stereocenters. The molecule has 1 aliphatic rings. The van der Waals surface area contributed by atoms with Gasteiger partial charge in [-0.05, 0) is 37.4 Å². The molecular formula is C17H22N2O. The van der Waals surface area contributed by atoms with E-state index in [-0.39, 0.29) is 0 Å². The topological polar surface area (TPSA) is 34.1 Å². The lowest BCUT2D eigenvalue weighted by Crippen LogP contribution is -2.15. The van der Waals surface area contributed by atoms with Crippen molar-refractivity contribution in [3.05, 3.63) is 36.0 Å². The van der Waals surface area contributed by atoms with Crippen LogP contribution in [0.25, 0.3) is 10.9 Å². The van der Waals surface area contributed by atoms with E-state index in [4.69, 9.17) is 9.72 Å². The molecular weight excluding hydrogens is 248 g/mol. The first-order valence-corrected chi connectivity index (χ1v) is 7.50. The maximum absolute atomic E-state index is 5.38. The Hall–Kier alpha value is -1.61. The van der Waals surface area contributed by atoms with E-state index in [0.29, 0.717) is 0 Å². The third-order valence-electron chi connectivity index (χ3n) is 3.93. The van der Waals surface area contributed by atoms with Gasteiger partial charge < -0.3 is 10.1 Å². The van der Waals surface area contributed by atoms with Crippen molar-refractivity contribution < 1.29 is 4.74 Å². The molecule has 2 aromatic rings. The van der Waals surface area contributed by atoms with Crippen LogP contribution in [0.3, 0.4) is 0 Å². The van der Waals surface area contributed by atoms with Gasteiger partial charge in [-0.25, -0.2) is 4.98 Å². The van der Waals surface area contributed by atoms with Crippen LogP contribution in [0.2, 0.25) is 0 Å². The van der Waals surface area contributed by atoms with Gasteiger partial charge in [0, 0.05) is 11.9 Å². The number of para-hydroxylation sites is 1. The van der Waals surface area contributed by atoms with Crippen LogP contribution < -0.4 is 10.1 Å². The van der Waals surface area contributed by atoms with Crippen molar-refractivity contribution in [3.8, 4) is 5.75 Å². The highest BCUT2D eigenvalue weighted by atomic mass is 16.5. The average molecular weight is 270 g/mol. The number of benzene rings is 1. The first-order chi connectivity index (χ1) is 9.86. The molecule has 1 fully saturated rings. The lowest BCUT2D eigenvalue weighted by molar-refractivity contribution is 0.418. The molecule has 0 saturated heterocycles. The average Bonchev–Trinajstić information content (AvgIpc) is 3.30. The van der Waals surface area contributed by atoms with Crippen molar-refractivity contribution >= 4 is 10.9 Å². The second-order valence-corrected chi connectivity index (χ2v) is 5.60. The predicted octanol–water partition coefficient (Wildman–Crippen LogP) is 3.52. The monoisotopic (exact) mass is 270 g/mol. The summed E-state index contributed by atoms with van der Waals surface area (Å²) >= 11 is 0. The highest BCUT2D eigenvalue weighted by Crippen LogP contribution is 2.33. The number of aromatic nitrogens is 1. The lowest BCUT2D eigenvalue weighted by atomic mass is 10.2. The van der Waals surface area contributed by atoms with Gasteiger partial charge in [0.15, 0.2) is 0 Å². The quantitative estimate of drug-likeness (QED) is 0.782. The smallest absolute Gasteiger partial charge is 0.145 e. The van der Waals surface area contributed by atoms with Crippen molar-refractivity contribution in [1.82, 2.24) is 10.3 Å². The molecule has 3 rings (SSSR count). The number of ether oxygens (including phenoxy) is 1. The highest BCUT2D eigenvalue weighted by Gasteiger charge is 2.19. The molecule has 1 aromatic carbocycles. The number of nitrogens with one attached hydrogen (secondary N) is 1. The van der Waals surface area contributed by atoms with Crippen molar-refractivity contribution in [2.75, 3.05) is 13.7 Å². The second-order valence-electron chi connectivity index (χ2n) is 5.60. The van der Waals surface area contributed by atoms with E-state index in [1.807, 2.05) is 12.1 Å². The fraction of sp³-hybridized carbons (Fsp3) is 0.471. The molecule has 0 radical (unpaired) electrons. The van der Waals surface area contributed by atoms with Crippen LogP contribution in [0.1, 0.15) is 31.4 Å². The zero-order chi connectivity index (χ0) is 13.8. The first kappa shape index (κ1) is 13.4. The number of hydrogen-bond donors (Lipinski definition) is 1. The fourth-order valence-electron chi connectivity index (χ4n) is 2.56. The Morgan fingerprint density at radius 2 is 2.15 bits per heavy atom. The molecule has 3 nitrogen and oxygen atoms in total. The molecule has 106 valence electrons. The fourth-order valence-corrected chi connectivity index (χ4v) is 2.56. The summed E-state index contributed by atoms with van der Waals surface area (Å²) in [7, 11) is 1.69. The third-order valence-corrected chi connectivity index (χ3v) is 3.93. The summed E-state index contributed by atoms with van der Waals surface area (Å²) in [5.74, 6) is 1.87. The minimum absolute atomic E-state index is 0.832. The molecule has 1 N–H and O–H groups in total. The summed E-state index contributed by atoms with van der Waals surface area (Å²) in [5, 5.41) is 4.61. The molecule has 1 heterocycles. The van der Waals surface area contributed by atoms with Gasteiger partial charge in [0.2, 0.25) is 0 Å². The van der Waals surface area contributed by atoms with Crippen molar-refractivity contribution in [3.63, 3.8) is 0 Å². The summed E-state index contributed by atoms with van der Waals surface area (Å²) in [4.78, 5) is 4.70. The lowest BCUT2D eigenvalue weighted by Gasteiger charge is -2.08. The van der Waals surface area contributed by atoms with E-state index < -0.39 is 0 Å². The third kappa shape index (κ3) is 3.28. The van der Waals surface area contributed by atoms with Crippen LogP contribution in [0.15, 0.2) is 30.3 Å². The summed E-state index contributed by atoms with van der Waals surface area (Å²) in [6.07, 6.45) is 5.56. The van der Waals surface area contributed by atoms with Gasteiger partial charge >= 0.3 is 0 Å². The van der Waals surface area contributed by atoms with Gasteiger partial charge in [-0.15, -0.1) is 0 Å². The zero-order valence-electron chi connectivity index (χ0n) is 12.1.